The Labute approximate surface area is 156 Å². The molecule has 2 amide bonds. The van der Waals surface area contributed by atoms with Crippen molar-refractivity contribution in [3.05, 3.63) is 53.8 Å². The first-order valence-electron chi connectivity index (χ1n) is 8.86. The second kappa shape index (κ2) is 6.90. The summed E-state index contributed by atoms with van der Waals surface area (Å²) >= 11 is 0. The molecule has 0 bridgehead atoms. The van der Waals surface area contributed by atoms with Crippen molar-refractivity contribution in [2.75, 3.05) is 49.6 Å². The van der Waals surface area contributed by atoms with Gasteiger partial charge in [-0.15, -0.1) is 0 Å². The highest BCUT2D eigenvalue weighted by molar-refractivity contribution is 6.01. The topological polar surface area (TPSA) is 53.1 Å². The summed E-state index contributed by atoms with van der Waals surface area (Å²) in [7, 11) is 1.68. The minimum Gasteiger partial charge on any atom is -0.482 e. The lowest BCUT2D eigenvalue weighted by molar-refractivity contribution is -0.120. The summed E-state index contributed by atoms with van der Waals surface area (Å²) in [5, 5.41) is 0. The number of hydrogen-bond acceptors (Lipinski definition) is 4. The third kappa shape index (κ3) is 3.32. The van der Waals surface area contributed by atoms with E-state index in [1.54, 1.807) is 42.3 Å². The summed E-state index contributed by atoms with van der Waals surface area (Å²) in [6.45, 7) is 2.55. The Kier molecular flexibility index (Phi) is 4.43. The monoisotopic (exact) mass is 369 g/mol. The van der Waals surface area contributed by atoms with Crippen molar-refractivity contribution in [2.24, 2.45) is 0 Å². The zero-order valence-electron chi connectivity index (χ0n) is 15.0. The maximum absolute atomic E-state index is 13.1. The van der Waals surface area contributed by atoms with E-state index >= 15 is 0 Å². The molecular weight excluding hydrogens is 349 g/mol. The lowest BCUT2D eigenvalue weighted by atomic mass is 10.1. The van der Waals surface area contributed by atoms with Crippen LogP contribution in [0, 0.1) is 5.82 Å². The Morgan fingerprint density at radius 3 is 2.44 bits per heavy atom. The number of halogens is 1. The van der Waals surface area contributed by atoms with Gasteiger partial charge in [0.2, 0.25) is 0 Å². The van der Waals surface area contributed by atoms with Gasteiger partial charge in [-0.1, -0.05) is 0 Å². The molecule has 2 heterocycles. The van der Waals surface area contributed by atoms with E-state index in [1.165, 1.54) is 17.0 Å². The van der Waals surface area contributed by atoms with Gasteiger partial charge < -0.3 is 19.4 Å². The molecule has 0 saturated carbocycles. The number of carbonyl (C=O) groups is 2. The van der Waals surface area contributed by atoms with Crippen molar-refractivity contribution in [1.82, 2.24) is 4.90 Å². The summed E-state index contributed by atoms with van der Waals surface area (Å²) < 4.78 is 18.5. The van der Waals surface area contributed by atoms with Gasteiger partial charge in [0.15, 0.2) is 6.61 Å². The van der Waals surface area contributed by atoms with E-state index in [2.05, 4.69) is 4.90 Å². The van der Waals surface area contributed by atoms with Crippen LogP contribution in [0.5, 0.6) is 5.75 Å². The number of ether oxygens (including phenoxy) is 1. The molecule has 27 heavy (non-hydrogen) atoms. The van der Waals surface area contributed by atoms with Crippen LogP contribution in [0.4, 0.5) is 15.8 Å². The van der Waals surface area contributed by atoms with Gasteiger partial charge in [0.05, 0.1) is 5.69 Å². The van der Waals surface area contributed by atoms with Crippen LogP contribution in [0.2, 0.25) is 0 Å². The lowest BCUT2D eigenvalue weighted by Gasteiger charge is -2.36. The molecule has 0 unspecified atom stereocenters. The van der Waals surface area contributed by atoms with Crippen LogP contribution >= 0.6 is 0 Å². The number of piperazine rings is 1. The second-order valence-electron chi connectivity index (χ2n) is 6.68. The Morgan fingerprint density at radius 1 is 1.04 bits per heavy atom. The van der Waals surface area contributed by atoms with E-state index in [9.17, 15) is 14.0 Å². The highest BCUT2D eigenvalue weighted by Crippen LogP contribution is 2.32. The van der Waals surface area contributed by atoms with Gasteiger partial charge in [-0.05, 0) is 42.5 Å². The Hall–Kier alpha value is -3.09. The fraction of sp³-hybridized carbons (Fsp3) is 0.300. The molecule has 4 rings (SSSR count). The lowest BCUT2D eigenvalue weighted by Crippen LogP contribution is -2.48. The van der Waals surface area contributed by atoms with Crippen molar-refractivity contribution < 1.29 is 18.7 Å². The molecule has 1 saturated heterocycles. The van der Waals surface area contributed by atoms with Crippen molar-refractivity contribution in [1.29, 1.82) is 0 Å². The van der Waals surface area contributed by atoms with E-state index in [-0.39, 0.29) is 24.2 Å². The van der Waals surface area contributed by atoms with Crippen LogP contribution in [0.15, 0.2) is 42.5 Å². The maximum atomic E-state index is 13.1. The Bertz CT molecular complexity index is 877. The minimum absolute atomic E-state index is 0.0160. The van der Waals surface area contributed by atoms with Crippen LogP contribution in [0.1, 0.15) is 10.4 Å². The van der Waals surface area contributed by atoms with E-state index < -0.39 is 0 Å². The molecule has 0 aromatic heterocycles. The fourth-order valence-corrected chi connectivity index (χ4v) is 3.41. The number of fused-ring (bicyclic) bond motifs is 1. The molecule has 0 radical (unpaired) electrons. The summed E-state index contributed by atoms with van der Waals surface area (Å²) in [6, 6.07) is 11.6. The number of likely N-dealkylation sites (N-methyl/N-ethyl adjacent to an activating group) is 1. The second-order valence-corrected chi connectivity index (χ2v) is 6.68. The minimum atomic E-state index is -0.257. The highest BCUT2D eigenvalue weighted by atomic mass is 19.1. The molecule has 0 N–H and O–H groups in total. The fourth-order valence-electron chi connectivity index (χ4n) is 3.41. The van der Waals surface area contributed by atoms with Crippen LogP contribution in [-0.4, -0.2) is 56.5 Å². The van der Waals surface area contributed by atoms with Crippen molar-refractivity contribution in [2.45, 2.75) is 0 Å². The molecule has 140 valence electrons. The molecule has 2 aliphatic rings. The summed E-state index contributed by atoms with van der Waals surface area (Å²) in [5.74, 6) is 0.144. The average Bonchev–Trinajstić information content (AvgIpc) is 2.71. The van der Waals surface area contributed by atoms with E-state index in [4.69, 9.17) is 4.74 Å². The average molecular weight is 369 g/mol. The van der Waals surface area contributed by atoms with Crippen LogP contribution in [0.25, 0.3) is 0 Å². The number of nitrogens with zero attached hydrogens (tertiary/aromatic N) is 3. The molecule has 1 fully saturated rings. The first kappa shape index (κ1) is 17.3. The largest absolute Gasteiger partial charge is 0.482 e. The van der Waals surface area contributed by atoms with Crippen LogP contribution < -0.4 is 14.5 Å². The molecule has 2 aromatic carbocycles. The predicted octanol–water partition coefficient (Wildman–Crippen LogP) is 2.14. The van der Waals surface area contributed by atoms with Gasteiger partial charge in [-0.2, -0.15) is 0 Å². The van der Waals surface area contributed by atoms with E-state index in [0.29, 0.717) is 43.2 Å². The van der Waals surface area contributed by atoms with E-state index in [0.717, 1.165) is 5.69 Å². The van der Waals surface area contributed by atoms with Gasteiger partial charge in [-0.3, -0.25) is 9.59 Å². The molecule has 2 aromatic rings. The Morgan fingerprint density at radius 2 is 1.74 bits per heavy atom. The number of amides is 2. The standard InChI is InChI=1S/C20H20FN3O3/c1-22-17-12-14(2-7-18(17)27-13-19(22)25)20(26)24-10-8-23(9-11-24)16-5-3-15(21)4-6-16/h2-7,12H,8-11,13H2,1H3. The quantitative estimate of drug-likeness (QED) is 0.814. The summed E-state index contributed by atoms with van der Waals surface area (Å²) in [6.07, 6.45) is 0. The third-order valence-electron chi connectivity index (χ3n) is 5.05. The number of rotatable bonds is 2. The summed E-state index contributed by atoms with van der Waals surface area (Å²) in [5.41, 5.74) is 2.10. The molecule has 7 heteroatoms. The van der Waals surface area contributed by atoms with Gasteiger partial charge in [0.1, 0.15) is 11.6 Å². The zero-order chi connectivity index (χ0) is 19.0. The molecule has 6 nitrogen and oxygen atoms in total. The number of hydrogen-bond donors (Lipinski definition) is 0. The number of benzene rings is 2. The first-order chi connectivity index (χ1) is 13.0. The first-order valence-corrected chi connectivity index (χ1v) is 8.86. The molecule has 0 aliphatic carbocycles. The normalized spacial score (nSPS) is 16.8. The maximum Gasteiger partial charge on any atom is 0.264 e. The van der Waals surface area contributed by atoms with Gasteiger partial charge >= 0.3 is 0 Å². The van der Waals surface area contributed by atoms with E-state index in [1.807, 2.05) is 0 Å². The van der Waals surface area contributed by atoms with Crippen molar-refractivity contribution in [3.8, 4) is 5.75 Å². The molecule has 2 aliphatic heterocycles. The SMILES string of the molecule is CN1C(=O)COc2ccc(C(=O)N3CCN(c4ccc(F)cc4)CC3)cc21. The van der Waals surface area contributed by atoms with Gasteiger partial charge in [0, 0.05) is 44.5 Å². The van der Waals surface area contributed by atoms with Crippen molar-refractivity contribution >= 4 is 23.2 Å². The van der Waals surface area contributed by atoms with Crippen LogP contribution in [0.3, 0.4) is 0 Å². The molecule has 0 atom stereocenters. The molecular formula is C20H20FN3O3. The highest BCUT2D eigenvalue weighted by Gasteiger charge is 2.26. The summed E-state index contributed by atoms with van der Waals surface area (Å²) in [4.78, 5) is 30.1. The zero-order valence-corrected chi connectivity index (χ0v) is 15.0. The van der Waals surface area contributed by atoms with Gasteiger partial charge in [-0.25, -0.2) is 4.39 Å². The van der Waals surface area contributed by atoms with Crippen LogP contribution in [-0.2, 0) is 4.79 Å². The van der Waals surface area contributed by atoms with Gasteiger partial charge in [0.25, 0.3) is 11.8 Å². The molecule has 0 spiro atoms. The number of anilines is 2. The third-order valence-corrected chi connectivity index (χ3v) is 5.05. The Balaban J connectivity index is 1.45. The van der Waals surface area contributed by atoms with Crippen molar-refractivity contribution in [3.63, 3.8) is 0 Å². The smallest absolute Gasteiger partial charge is 0.264 e. The number of carbonyl (C=O) groups excluding carboxylic acids is 2. The predicted molar refractivity (Wildman–Crippen MR) is 99.9 cm³/mol.